The first-order valence-corrected chi connectivity index (χ1v) is 15.7. The Labute approximate surface area is 267 Å². The maximum absolute atomic E-state index is 6.25. The summed E-state index contributed by atoms with van der Waals surface area (Å²) in [5.74, 6) is 0. The highest BCUT2D eigenvalue weighted by Crippen LogP contribution is 2.41. The van der Waals surface area contributed by atoms with Gasteiger partial charge in [0.1, 0.15) is 11.2 Å². The van der Waals surface area contributed by atoms with Gasteiger partial charge in [0.15, 0.2) is 0 Å². The minimum Gasteiger partial charge on any atom is -0.456 e. The Morgan fingerprint density at radius 3 is 1.87 bits per heavy atom. The Balaban J connectivity index is 1.17. The third-order valence-corrected chi connectivity index (χ3v) is 9.03. The maximum atomic E-state index is 6.25. The highest BCUT2D eigenvalue weighted by Gasteiger charge is 2.19. The van der Waals surface area contributed by atoms with Gasteiger partial charge in [-0.25, -0.2) is 4.98 Å². The van der Waals surface area contributed by atoms with Crippen LogP contribution in [0, 0.1) is 0 Å². The number of furan rings is 1. The van der Waals surface area contributed by atoms with E-state index < -0.39 is 0 Å². The van der Waals surface area contributed by atoms with E-state index >= 15 is 0 Å². The quantitative estimate of drug-likeness (QED) is 0.204. The first-order chi connectivity index (χ1) is 22.8. The van der Waals surface area contributed by atoms with E-state index in [1.807, 2.05) is 24.3 Å². The van der Waals surface area contributed by atoms with Gasteiger partial charge in [0.2, 0.25) is 0 Å². The van der Waals surface area contributed by atoms with Crippen molar-refractivity contribution in [1.82, 2.24) is 4.98 Å². The molecule has 46 heavy (non-hydrogen) atoms. The third kappa shape index (κ3) is 4.61. The van der Waals surface area contributed by atoms with Gasteiger partial charge >= 0.3 is 0 Å². The van der Waals surface area contributed by atoms with Crippen molar-refractivity contribution in [3.05, 3.63) is 163 Å². The first kappa shape index (κ1) is 26.6. The largest absolute Gasteiger partial charge is 0.456 e. The summed E-state index contributed by atoms with van der Waals surface area (Å²) >= 11 is 0. The Morgan fingerprint density at radius 2 is 1.09 bits per heavy atom. The van der Waals surface area contributed by atoms with Crippen LogP contribution in [-0.4, -0.2) is 4.98 Å². The van der Waals surface area contributed by atoms with Crippen molar-refractivity contribution in [2.75, 3.05) is 0 Å². The van der Waals surface area contributed by atoms with Crippen LogP contribution in [0.5, 0.6) is 0 Å². The molecule has 1 aliphatic rings. The second-order valence-electron chi connectivity index (χ2n) is 11.9. The monoisotopic (exact) mass is 591 g/mol. The molecule has 0 aliphatic carbocycles. The summed E-state index contributed by atoms with van der Waals surface area (Å²) in [6.45, 7) is 1.13. The molecule has 0 saturated carbocycles. The van der Waals surface area contributed by atoms with E-state index in [1.165, 1.54) is 27.8 Å². The first-order valence-electron chi connectivity index (χ1n) is 15.7. The number of aromatic nitrogens is 1. The Hall–Kier alpha value is -5.77. The second-order valence-corrected chi connectivity index (χ2v) is 11.9. The van der Waals surface area contributed by atoms with Gasteiger partial charge in [-0.05, 0) is 80.9 Å². The minimum atomic E-state index is 0.556. The van der Waals surface area contributed by atoms with Crippen LogP contribution in [0.3, 0.4) is 0 Å². The lowest BCUT2D eigenvalue weighted by Crippen LogP contribution is -1.93. The van der Waals surface area contributed by atoms with E-state index in [0.29, 0.717) is 13.2 Å². The fraction of sp³-hybridized carbons (Fsp3) is 0.0465. The molecule has 0 unspecified atom stereocenters. The molecule has 8 aromatic rings. The van der Waals surface area contributed by atoms with Gasteiger partial charge in [0.25, 0.3) is 0 Å². The standard InChI is InChI=1S/C43H29NO2/c1-3-10-28(11-4-1)39-24-33(25-40(44-39)29-12-5-2-6-13-29)30-18-19-32-26-45-27-34-22-31(20-21-35(34)38(32)23-30)36-15-9-17-42-43(36)37-14-7-8-16-41(37)46-42/h1-25H,26-27H2. The molecule has 2 aromatic heterocycles. The van der Waals surface area contributed by atoms with Crippen molar-refractivity contribution in [2.24, 2.45) is 0 Å². The molecule has 0 atom stereocenters. The lowest BCUT2D eigenvalue weighted by Gasteiger charge is -2.14. The smallest absolute Gasteiger partial charge is 0.136 e. The van der Waals surface area contributed by atoms with Crippen LogP contribution in [-0.2, 0) is 18.0 Å². The molecule has 218 valence electrons. The van der Waals surface area contributed by atoms with Gasteiger partial charge in [-0.15, -0.1) is 0 Å². The average Bonchev–Trinajstić information content (AvgIpc) is 3.41. The van der Waals surface area contributed by atoms with E-state index in [2.05, 4.69) is 127 Å². The zero-order valence-electron chi connectivity index (χ0n) is 25.1. The number of pyridine rings is 1. The molecule has 0 N–H and O–H groups in total. The highest BCUT2D eigenvalue weighted by atomic mass is 16.5. The Morgan fingerprint density at radius 1 is 0.413 bits per heavy atom. The van der Waals surface area contributed by atoms with Crippen LogP contribution in [0.2, 0.25) is 0 Å². The van der Waals surface area contributed by atoms with E-state index in [-0.39, 0.29) is 0 Å². The summed E-state index contributed by atoms with van der Waals surface area (Å²) in [7, 11) is 0. The molecule has 0 radical (unpaired) electrons. The fourth-order valence-electron chi connectivity index (χ4n) is 6.77. The lowest BCUT2D eigenvalue weighted by atomic mass is 9.90. The molecule has 0 saturated heterocycles. The van der Waals surface area contributed by atoms with Crippen molar-refractivity contribution in [2.45, 2.75) is 13.2 Å². The lowest BCUT2D eigenvalue weighted by molar-refractivity contribution is 0.110. The summed E-state index contributed by atoms with van der Waals surface area (Å²) in [6, 6.07) is 53.4. The molecule has 0 spiro atoms. The van der Waals surface area contributed by atoms with E-state index in [1.54, 1.807) is 0 Å². The predicted molar refractivity (Wildman–Crippen MR) is 187 cm³/mol. The molecule has 0 bridgehead atoms. The number of nitrogens with zero attached hydrogens (tertiary/aromatic N) is 1. The van der Waals surface area contributed by atoms with Crippen molar-refractivity contribution in [3.63, 3.8) is 0 Å². The van der Waals surface area contributed by atoms with Crippen LogP contribution in [0.25, 0.3) is 77.8 Å². The molecule has 1 aliphatic heterocycles. The number of benzene rings is 6. The van der Waals surface area contributed by atoms with E-state index in [4.69, 9.17) is 14.1 Å². The van der Waals surface area contributed by atoms with Crippen LogP contribution in [0.1, 0.15) is 11.1 Å². The number of hydrogen-bond acceptors (Lipinski definition) is 3. The molecule has 9 rings (SSSR count). The molecule has 3 nitrogen and oxygen atoms in total. The van der Waals surface area contributed by atoms with Gasteiger partial charge in [0, 0.05) is 21.9 Å². The maximum Gasteiger partial charge on any atom is 0.136 e. The molecular formula is C43H29NO2. The summed E-state index contributed by atoms with van der Waals surface area (Å²) in [4.78, 5) is 5.09. The summed E-state index contributed by atoms with van der Waals surface area (Å²) < 4.78 is 12.4. The van der Waals surface area contributed by atoms with Crippen LogP contribution in [0.15, 0.2) is 156 Å². The number of ether oxygens (including phenoxy) is 1. The molecule has 3 heteroatoms. The zero-order chi connectivity index (χ0) is 30.5. The van der Waals surface area contributed by atoms with Crippen LogP contribution < -0.4 is 0 Å². The molecule has 0 amide bonds. The zero-order valence-corrected chi connectivity index (χ0v) is 25.1. The van der Waals surface area contributed by atoms with Crippen molar-refractivity contribution < 1.29 is 9.15 Å². The van der Waals surface area contributed by atoms with Crippen molar-refractivity contribution >= 4 is 21.9 Å². The molecular weight excluding hydrogens is 562 g/mol. The predicted octanol–water partition coefficient (Wildman–Crippen LogP) is 11.3. The summed E-state index contributed by atoms with van der Waals surface area (Å²) in [6.07, 6.45) is 0. The summed E-state index contributed by atoms with van der Waals surface area (Å²) in [5, 5.41) is 2.28. The topological polar surface area (TPSA) is 35.3 Å². The van der Waals surface area contributed by atoms with Gasteiger partial charge in [-0.3, -0.25) is 0 Å². The number of para-hydroxylation sites is 1. The van der Waals surface area contributed by atoms with Crippen LogP contribution >= 0.6 is 0 Å². The van der Waals surface area contributed by atoms with Gasteiger partial charge in [-0.1, -0.05) is 115 Å². The number of rotatable bonds is 4. The van der Waals surface area contributed by atoms with Gasteiger partial charge in [-0.2, -0.15) is 0 Å². The van der Waals surface area contributed by atoms with Gasteiger partial charge in [0.05, 0.1) is 24.6 Å². The SMILES string of the molecule is c1ccc(-c2cc(-c3ccc4c(c3)-c3ccc(-c5cccc6oc7ccccc7c56)cc3COC4)cc(-c3ccccc3)n2)cc1. The number of fused-ring (bicyclic) bond motifs is 6. The molecule has 6 aromatic carbocycles. The van der Waals surface area contributed by atoms with E-state index in [0.717, 1.165) is 61.1 Å². The number of hydrogen-bond donors (Lipinski definition) is 0. The highest BCUT2D eigenvalue weighted by molar-refractivity contribution is 6.12. The average molecular weight is 592 g/mol. The molecule has 0 fully saturated rings. The summed E-state index contributed by atoms with van der Waals surface area (Å²) in [5.41, 5.74) is 15.4. The van der Waals surface area contributed by atoms with Gasteiger partial charge < -0.3 is 9.15 Å². The van der Waals surface area contributed by atoms with E-state index in [9.17, 15) is 0 Å². The Kier molecular flexibility index (Phi) is 6.36. The van der Waals surface area contributed by atoms with Crippen LogP contribution in [0.4, 0.5) is 0 Å². The minimum absolute atomic E-state index is 0.556. The van der Waals surface area contributed by atoms with Crippen molar-refractivity contribution in [1.29, 1.82) is 0 Å². The van der Waals surface area contributed by atoms with Crippen molar-refractivity contribution in [3.8, 4) is 55.9 Å². The third-order valence-electron chi connectivity index (χ3n) is 9.03. The Bertz CT molecular complexity index is 2330. The molecule has 3 heterocycles. The normalized spacial score (nSPS) is 12.5. The fourth-order valence-corrected chi connectivity index (χ4v) is 6.77. The second kappa shape index (κ2) is 11.0.